The van der Waals surface area contributed by atoms with Gasteiger partial charge in [0.05, 0.1) is 11.3 Å². The van der Waals surface area contributed by atoms with Crippen LogP contribution in [0.5, 0.6) is 0 Å². The lowest BCUT2D eigenvalue weighted by atomic mass is 9.99. The van der Waals surface area contributed by atoms with Crippen LogP contribution >= 0.6 is 0 Å². The van der Waals surface area contributed by atoms with Gasteiger partial charge in [0, 0.05) is 35.3 Å². The average molecular weight is 420 g/mol. The molecule has 4 rings (SSSR count). The normalized spacial score (nSPS) is 16.0. The highest BCUT2D eigenvalue weighted by Gasteiger charge is 2.33. The largest absolute Gasteiger partial charge is 0.478 e. The molecular formula is C25H25FN2O3. The van der Waals surface area contributed by atoms with Crippen LogP contribution in [0.1, 0.15) is 48.3 Å². The van der Waals surface area contributed by atoms with E-state index in [2.05, 4.69) is 11.5 Å². The van der Waals surface area contributed by atoms with E-state index in [4.69, 9.17) is 0 Å². The van der Waals surface area contributed by atoms with Gasteiger partial charge in [0.25, 0.3) is 5.91 Å². The van der Waals surface area contributed by atoms with E-state index in [0.29, 0.717) is 30.6 Å². The number of aromatic nitrogens is 1. The number of para-hydroxylation sites is 1. The van der Waals surface area contributed by atoms with Crippen LogP contribution in [0.15, 0.2) is 54.7 Å². The number of carboxylic acid groups (broad SMARTS) is 1. The minimum atomic E-state index is -1.07. The molecule has 0 bridgehead atoms. The summed E-state index contributed by atoms with van der Waals surface area (Å²) in [6.07, 6.45) is 3.53. The summed E-state index contributed by atoms with van der Waals surface area (Å²) < 4.78 is 15.4. The molecular weight excluding hydrogens is 395 g/mol. The molecule has 0 saturated heterocycles. The highest BCUT2D eigenvalue weighted by Crippen LogP contribution is 2.36. The number of aryl methyl sites for hydroxylation is 1. The van der Waals surface area contributed by atoms with Crippen LogP contribution < -0.4 is 0 Å². The van der Waals surface area contributed by atoms with Crippen molar-refractivity contribution in [2.45, 2.75) is 45.7 Å². The van der Waals surface area contributed by atoms with Gasteiger partial charge in [-0.3, -0.25) is 4.79 Å². The molecule has 3 aromatic rings. The minimum absolute atomic E-state index is 0.103. The van der Waals surface area contributed by atoms with Crippen molar-refractivity contribution in [2.24, 2.45) is 0 Å². The first-order valence-corrected chi connectivity index (χ1v) is 10.6. The third-order valence-electron chi connectivity index (χ3n) is 5.91. The van der Waals surface area contributed by atoms with Gasteiger partial charge in [0.2, 0.25) is 0 Å². The predicted molar refractivity (Wildman–Crippen MR) is 118 cm³/mol. The van der Waals surface area contributed by atoms with E-state index >= 15 is 0 Å². The van der Waals surface area contributed by atoms with Gasteiger partial charge in [-0.2, -0.15) is 0 Å². The lowest BCUT2D eigenvalue weighted by molar-refractivity contribution is -0.130. The van der Waals surface area contributed by atoms with Gasteiger partial charge in [0.15, 0.2) is 0 Å². The summed E-state index contributed by atoms with van der Waals surface area (Å²) in [7, 11) is 0. The summed E-state index contributed by atoms with van der Waals surface area (Å²) in [5.74, 6) is -1.83. The van der Waals surface area contributed by atoms with Crippen LogP contribution in [0.25, 0.3) is 16.5 Å². The molecule has 0 saturated carbocycles. The zero-order chi connectivity index (χ0) is 22.1. The molecule has 2 heterocycles. The average Bonchev–Trinajstić information content (AvgIpc) is 2.95. The maximum absolute atomic E-state index is 13.4. The van der Waals surface area contributed by atoms with E-state index in [-0.39, 0.29) is 17.5 Å². The zero-order valence-corrected chi connectivity index (χ0v) is 17.6. The molecule has 1 aromatic heterocycles. The number of fused-ring (bicyclic) bond motifs is 3. The Hall–Kier alpha value is -3.41. The number of hydrogen-bond donors (Lipinski definition) is 1. The lowest BCUT2D eigenvalue weighted by Crippen LogP contribution is -2.37. The second kappa shape index (κ2) is 8.38. The third-order valence-corrected chi connectivity index (χ3v) is 5.91. The van der Waals surface area contributed by atoms with E-state index in [1.54, 1.807) is 0 Å². The van der Waals surface area contributed by atoms with Crippen LogP contribution in [0.3, 0.4) is 0 Å². The van der Waals surface area contributed by atoms with Crippen molar-refractivity contribution in [2.75, 3.05) is 0 Å². The van der Waals surface area contributed by atoms with Gasteiger partial charge in [-0.15, -0.1) is 0 Å². The monoisotopic (exact) mass is 420 g/mol. The van der Waals surface area contributed by atoms with Gasteiger partial charge in [0.1, 0.15) is 5.82 Å². The first-order valence-electron chi connectivity index (χ1n) is 10.6. The number of nitrogens with zero attached hydrogens (tertiary/aromatic N) is 2. The van der Waals surface area contributed by atoms with Crippen molar-refractivity contribution in [1.29, 1.82) is 0 Å². The van der Waals surface area contributed by atoms with Crippen LogP contribution in [0, 0.1) is 5.82 Å². The number of amides is 1. The Morgan fingerprint density at radius 3 is 2.45 bits per heavy atom. The Labute approximate surface area is 180 Å². The molecule has 1 unspecified atom stereocenters. The van der Waals surface area contributed by atoms with Gasteiger partial charge in [-0.05, 0) is 55.2 Å². The lowest BCUT2D eigenvalue weighted by Gasteiger charge is -2.27. The summed E-state index contributed by atoms with van der Waals surface area (Å²) in [5, 5.41) is 11.1. The Balaban J connectivity index is 1.93. The Kier molecular flexibility index (Phi) is 5.63. The van der Waals surface area contributed by atoms with Crippen molar-refractivity contribution in [3.63, 3.8) is 0 Å². The molecule has 0 fully saturated rings. The van der Waals surface area contributed by atoms with Gasteiger partial charge in [-0.25, -0.2) is 9.18 Å². The molecule has 31 heavy (non-hydrogen) atoms. The van der Waals surface area contributed by atoms with Gasteiger partial charge < -0.3 is 14.6 Å². The summed E-state index contributed by atoms with van der Waals surface area (Å²) in [5.41, 5.74) is 3.07. The number of halogens is 1. The first-order chi connectivity index (χ1) is 15.0. The molecule has 1 atom stereocenters. The highest BCUT2D eigenvalue weighted by molar-refractivity contribution is 6.17. The quantitative estimate of drug-likeness (QED) is 0.625. The maximum atomic E-state index is 13.4. The molecule has 0 spiro atoms. The molecule has 2 aromatic carbocycles. The molecule has 160 valence electrons. The van der Waals surface area contributed by atoms with E-state index in [1.807, 2.05) is 31.2 Å². The molecule has 1 amide bonds. The van der Waals surface area contributed by atoms with Gasteiger partial charge in [-0.1, -0.05) is 32.0 Å². The molecule has 5 nitrogen and oxygen atoms in total. The second-order valence-corrected chi connectivity index (χ2v) is 7.83. The topological polar surface area (TPSA) is 62.5 Å². The minimum Gasteiger partial charge on any atom is -0.478 e. The van der Waals surface area contributed by atoms with Gasteiger partial charge >= 0.3 is 5.97 Å². The predicted octanol–water partition coefficient (Wildman–Crippen LogP) is 5.09. The van der Waals surface area contributed by atoms with Crippen LogP contribution in [0.2, 0.25) is 0 Å². The first kappa shape index (κ1) is 20.8. The highest BCUT2D eigenvalue weighted by atomic mass is 19.1. The smallest absolute Gasteiger partial charge is 0.339 e. The number of benzene rings is 2. The third kappa shape index (κ3) is 3.63. The number of carboxylic acids is 1. The summed E-state index contributed by atoms with van der Waals surface area (Å²) in [6.45, 7) is 4.73. The van der Waals surface area contributed by atoms with Crippen LogP contribution in [0.4, 0.5) is 4.39 Å². The summed E-state index contributed by atoms with van der Waals surface area (Å²) in [6, 6.07) is 13.1. The standard InChI is InChI=1S/C25H25FN2O3/c1-3-13-27-22-8-6-5-7-19(22)20-14-18(4-2)28(15-21(23(20)27)25(30)31)24(29)16-9-11-17(26)12-10-16/h5-12,15,18H,3-4,13-14H2,1-2H3,(H,30,31). The fraction of sp³-hybridized carbons (Fsp3) is 0.280. The maximum Gasteiger partial charge on any atom is 0.339 e. The molecule has 1 N–H and O–H groups in total. The number of carbonyl (C=O) groups is 2. The number of carbonyl (C=O) groups excluding carboxylic acids is 1. The van der Waals surface area contributed by atoms with E-state index in [0.717, 1.165) is 22.9 Å². The van der Waals surface area contributed by atoms with E-state index in [1.165, 1.54) is 35.4 Å². The van der Waals surface area contributed by atoms with Crippen LogP contribution in [-0.2, 0) is 17.8 Å². The fourth-order valence-corrected chi connectivity index (χ4v) is 4.45. The van der Waals surface area contributed by atoms with Crippen molar-refractivity contribution in [3.05, 3.63) is 77.4 Å². The number of rotatable bonds is 5. The van der Waals surface area contributed by atoms with E-state index in [9.17, 15) is 19.1 Å². The molecule has 1 aliphatic rings. The van der Waals surface area contributed by atoms with Crippen LogP contribution in [-0.4, -0.2) is 32.5 Å². The molecule has 0 aliphatic carbocycles. The van der Waals surface area contributed by atoms with E-state index < -0.39 is 11.8 Å². The fourth-order valence-electron chi connectivity index (χ4n) is 4.45. The number of aliphatic carboxylic acids is 1. The Morgan fingerprint density at radius 1 is 1.10 bits per heavy atom. The van der Waals surface area contributed by atoms with Crippen molar-refractivity contribution in [3.8, 4) is 0 Å². The SMILES string of the molecule is CCCn1c2c(c3ccccc31)CC(CC)N(C(=O)c1ccc(F)cc1)C=C2C(=O)O. The van der Waals surface area contributed by atoms with Crippen molar-refractivity contribution in [1.82, 2.24) is 9.47 Å². The number of hydrogen-bond acceptors (Lipinski definition) is 2. The zero-order valence-electron chi connectivity index (χ0n) is 17.6. The summed E-state index contributed by atoms with van der Waals surface area (Å²) >= 11 is 0. The van der Waals surface area contributed by atoms with Crippen molar-refractivity contribution < 1.29 is 19.1 Å². The Bertz CT molecular complexity index is 1180. The Morgan fingerprint density at radius 2 is 1.81 bits per heavy atom. The molecule has 0 radical (unpaired) electrons. The second-order valence-electron chi connectivity index (χ2n) is 7.83. The molecule has 6 heteroatoms. The summed E-state index contributed by atoms with van der Waals surface area (Å²) in [4.78, 5) is 27.2. The van der Waals surface area contributed by atoms with Crippen molar-refractivity contribution >= 4 is 28.4 Å². The molecule has 1 aliphatic heterocycles.